The van der Waals surface area contributed by atoms with Crippen LogP contribution < -0.4 is 9.64 Å². The number of hydrogen-bond acceptors (Lipinski definition) is 8. The Morgan fingerprint density at radius 1 is 1.08 bits per heavy atom. The summed E-state index contributed by atoms with van der Waals surface area (Å²) in [7, 11) is 0. The maximum Gasteiger partial charge on any atom is 0.350 e. The molecule has 1 atom stereocenters. The summed E-state index contributed by atoms with van der Waals surface area (Å²) in [6.07, 6.45) is 0.819. The Balaban J connectivity index is 1.89. The molecule has 1 N–H and O–H groups in total. The molecule has 0 saturated carbocycles. The van der Waals surface area contributed by atoms with E-state index in [1.165, 1.54) is 4.90 Å². The zero-order chi connectivity index (χ0) is 26.7. The third-order valence-corrected chi connectivity index (χ3v) is 7.16. The molecule has 8 nitrogen and oxygen atoms in total. The Hall–Kier alpha value is -3.98. The van der Waals surface area contributed by atoms with Crippen LogP contribution in [0, 0.1) is 6.92 Å². The molecule has 1 fully saturated rings. The van der Waals surface area contributed by atoms with Gasteiger partial charge in [-0.25, -0.2) is 9.78 Å². The smallest absolute Gasteiger partial charge is 0.350 e. The summed E-state index contributed by atoms with van der Waals surface area (Å²) in [6, 6.07) is 13.3. The molecule has 4 rings (SSSR count). The van der Waals surface area contributed by atoms with Crippen LogP contribution in [-0.2, 0) is 20.7 Å². The van der Waals surface area contributed by atoms with Gasteiger partial charge in [-0.3, -0.25) is 14.5 Å². The largest absolute Gasteiger partial charge is 0.507 e. The molecule has 0 bridgehead atoms. The number of aliphatic hydroxyl groups is 1. The number of nitrogens with zero attached hydrogens (tertiary/aromatic N) is 2. The predicted octanol–water partition coefficient (Wildman–Crippen LogP) is 5.22. The third kappa shape index (κ3) is 4.99. The van der Waals surface area contributed by atoms with Crippen LogP contribution in [0.25, 0.3) is 5.76 Å². The Morgan fingerprint density at radius 2 is 1.81 bits per heavy atom. The van der Waals surface area contributed by atoms with Gasteiger partial charge in [-0.2, -0.15) is 0 Å². The molecule has 1 unspecified atom stereocenters. The molecule has 1 aliphatic rings. The highest BCUT2D eigenvalue weighted by Crippen LogP contribution is 2.44. The highest BCUT2D eigenvalue weighted by atomic mass is 32.1. The first kappa shape index (κ1) is 26.1. The van der Waals surface area contributed by atoms with Crippen molar-refractivity contribution in [3.8, 4) is 5.75 Å². The molecule has 192 valence electrons. The summed E-state index contributed by atoms with van der Waals surface area (Å²) in [6.45, 7) is 7.85. The van der Waals surface area contributed by atoms with E-state index in [-0.39, 0.29) is 27.9 Å². The number of aryl methyl sites for hydroxylation is 2. The standard InChI is InChI=1S/C28H28N2O6S/c1-5-17-11-13-18(14-12-17)22-21(23(31)19-9-8-10-20(15-19)35-6-2)24(32)26(33)30(22)28-29-16(4)25(37-28)27(34)36-7-3/h8-15,22,31H,5-7H2,1-4H3. The maximum atomic E-state index is 13.4. The number of esters is 1. The minimum atomic E-state index is -0.942. The van der Waals surface area contributed by atoms with Gasteiger partial charge in [0.1, 0.15) is 16.4 Å². The van der Waals surface area contributed by atoms with Gasteiger partial charge in [-0.05, 0) is 50.5 Å². The minimum Gasteiger partial charge on any atom is -0.507 e. The Kier molecular flexibility index (Phi) is 7.73. The van der Waals surface area contributed by atoms with Gasteiger partial charge in [-0.1, -0.05) is 54.7 Å². The number of ketones is 1. The van der Waals surface area contributed by atoms with Crippen molar-refractivity contribution >= 4 is 39.9 Å². The second kappa shape index (κ2) is 11.0. The lowest BCUT2D eigenvalue weighted by Crippen LogP contribution is -2.29. The minimum absolute atomic E-state index is 0.0616. The number of carbonyl (C=O) groups excluding carboxylic acids is 3. The number of thiazole rings is 1. The van der Waals surface area contributed by atoms with Crippen LogP contribution in [-0.4, -0.2) is 41.0 Å². The molecule has 2 aromatic carbocycles. The number of aromatic nitrogens is 1. The second-order valence-corrected chi connectivity index (χ2v) is 9.33. The van der Waals surface area contributed by atoms with Gasteiger partial charge in [0.25, 0.3) is 5.78 Å². The van der Waals surface area contributed by atoms with E-state index in [1.807, 2.05) is 38.1 Å². The molecule has 1 amide bonds. The lowest BCUT2D eigenvalue weighted by atomic mass is 9.94. The Morgan fingerprint density at radius 3 is 2.46 bits per heavy atom. The summed E-state index contributed by atoms with van der Waals surface area (Å²) in [5.74, 6) is -2.01. The van der Waals surface area contributed by atoms with Crippen molar-refractivity contribution in [2.24, 2.45) is 0 Å². The molecule has 0 aliphatic carbocycles. The van der Waals surface area contributed by atoms with Crippen molar-refractivity contribution in [2.45, 2.75) is 40.2 Å². The number of benzene rings is 2. The molecule has 0 spiro atoms. The number of amides is 1. The van der Waals surface area contributed by atoms with Gasteiger partial charge >= 0.3 is 11.9 Å². The Labute approximate surface area is 219 Å². The van der Waals surface area contributed by atoms with E-state index in [4.69, 9.17) is 9.47 Å². The summed E-state index contributed by atoms with van der Waals surface area (Å²) < 4.78 is 10.7. The summed E-state index contributed by atoms with van der Waals surface area (Å²) >= 11 is 0.978. The highest BCUT2D eigenvalue weighted by Gasteiger charge is 2.48. The van der Waals surface area contributed by atoms with Crippen molar-refractivity contribution in [1.82, 2.24) is 4.98 Å². The molecular formula is C28H28N2O6S. The number of rotatable bonds is 8. The van der Waals surface area contributed by atoms with E-state index < -0.39 is 23.7 Å². The van der Waals surface area contributed by atoms with Gasteiger partial charge in [0.2, 0.25) is 0 Å². The molecule has 37 heavy (non-hydrogen) atoms. The monoisotopic (exact) mass is 520 g/mol. The number of Topliss-reactive ketones (excluding diaryl/α,β-unsaturated/α-hetero) is 1. The first-order chi connectivity index (χ1) is 17.8. The van der Waals surface area contributed by atoms with Crippen molar-refractivity contribution in [1.29, 1.82) is 0 Å². The van der Waals surface area contributed by atoms with E-state index in [9.17, 15) is 19.5 Å². The van der Waals surface area contributed by atoms with E-state index in [0.717, 1.165) is 23.3 Å². The molecule has 3 aromatic rings. The molecule has 2 heterocycles. The van der Waals surface area contributed by atoms with Crippen LogP contribution in [0.5, 0.6) is 5.75 Å². The lowest BCUT2D eigenvalue weighted by Gasteiger charge is -2.23. The quantitative estimate of drug-likeness (QED) is 0.188. The van der Waals surface area contributed by atoms with Crippen molar-refractivity contribution in [3.05, 3.63) is 81.4 Å². The van der Waals surface area contributed by atoms with Crippen molar-refractivity contribution < 1.29 is 29.0 Å². The van der Waals surface area contributed by atoms with Gasteiger partial charge in [0.15, 0.2) is 5.13 Å². The fourth-order valence-electron chi connectivity index (χ4n) is 4.21. The summed E-state index contributed by atoms with van der Waals surface area (Å²) in [5, 5.41) is 11.5. The average molecular weight is 521 g/mol. The molecule has 0 radical (unpaired) electrons. The molecule has 1 saturated heterocycles. The lowest BCUT2D eigenvalue weighted by molar-refractivity contribution is -0.132. The van der Waals surface area contributed by atoms with E-state index in [1.54, 1.807) is 38.1 Å². The van der Waals surface area contributed by atoms with Crippen LogP contribution in [0.4, 0.5) is 5.13 Å². The normalized spacial score (nSPS) is 16.8. The molecule has 9 heteroatoms. The first-order valence-corrected chi connectivity index (χ1v) is 12.9. The number of ether oxygens (including phenoxy) is 2. The van der Waals surface area contributed by atoms with E-state index in [2.05, 4.69) is 4.98 Å². The van der Waals surface area contributed by atoms with Crippen LogP contribution in [0.3, 0.4) is 0 Å². The zero-order valence-corrected chi connectivity index (χ0v) is 21.9. The number of hydrogen-bond donors (Lipinski definition) is 1. The Bertz CT molecular complexity index is 1380. The average Bonchev–Trinajstić information content (AvgIpc) is 3.41. The summed E-state index contributed by atoms with van der Waals surface area (Å²) in [5.41, 5.74) is 2.39. The number of anilines is 1. The predicted molar refractivity (Wildman–Crippen MR) is 141 cm³/mol. The molecule has 1 aliphatic heterocycles. The number of aliphatic hydroxyl groups excluding tert-OH is 1. The zero-order valence-electron chi connectivity index (χ0n) is 21.1. The second-order valence-electron chi connectivity index (χ2n) is 8.36. The van der Waals surface area contributed by atoms with Crippen molar-refractivity contribution in [2.75, 3.05) is 18.1 Å². The number of carbonyl (C=O) groups is 3. The first-order valence-electron chi connectivity index (χ1n) is 12.1. The molecular weight excluding hydrogens is 492 g/mol. The van der Waals surface area contributed by atoms with Gasteiger partial charge in [0.05, 0.1) is 30.5 Å². The van der Waals surface area contributed by atoms with E-state index in [0.29, 0.717) is 29.2 Å². The fourth-order valence-corrected chi connectivity index (χ4v) is 5.19. The van der Waals surface area contributed by atoms with Crippen LogP contribution in [0.1, 0.15) is 58.9 Å². The van der Waals surface area contributed by atoms with Crippen LogP contribution in [0.2, 0.25) is 0 Å². The molecule has 1 aromatic heterocycles. The van der Waals surface area contributed by atoms with Crippen LogP contribution >= 0.6 is 11.3 Å². The van der Waals surface area contributed by atoms with Crippen LogP contribution in [0.15, 0.2) is 54.1 Å². The summed E-state index contributed by atoms with van der Waals surface area (Å²) in [4.78, 5) is 45.2. The van der Waals surface area contributed by atoms with Gasteiger partial charge in [-0.15, -0.1) is 0 Å². The maximum absolute atomic E-state index is 13.4. The third-order valence-electron chi connectivity index (χ3n) is 6.02. The fraction of sp³-hybridized carbons (Fsp3) is 0.286. The van der Waals surface area contributed by atoms with E-state index >= 15 is 0 Å². The van der Waals surface area contributed by atoms with Gasteiger partial charge in [0, 0.05) is 5.56 Å². The van der Waals surface area contributed by atoms with Crippen molar-refractivity contribution in [3.63, 3.8) is 0 Å². The SMILES string of the molecule is CCOC(=O)c1sc(N2C(=O)C(=O)C(=C(O)c3cccc(OCC)c3)C2c2ccc(CC)cc2)nc1C. The topological polar surface area (TPSA) is 106 Å². The highest BCUT2D eigenvalue weighted by molar-refractivity contribution is 7.17. The van der Waals surface area contributed by atoms with Gasteiger partial charge < -0.3 is 14.6 Å².